The molecular formula is C28H36N6O4. The molecule has 2 aliphatic heterocycles. The summed E-state index contributed by atoms with van der Waals surface area (Å²) < 4.78 is 4.84. The largest absolute Gasteiger partial charge is 0.469 e. The predicted octanol–water partition coefficient (Wildman–Crippen LogP) is 3.96. The third-order valence-corrected chi connectivity index (χ3v) is 7.39. The number of pyridine rings is 1. The number of esters is 1. The number of piperidine rings is 1. The third-order valence-electron chi connectivity index (χ3n) is 7.39. The Labute approximate surface area is 223 Å². The Morgan fingerprint density at radius 2 is 2.05 bits per heavy atom. The number of aliphatic imine (C=N–C) groups is 1. The molecule has 0 saturated carbocycles. The Kier molecular flexibility index (Phi) is 9.77. The van der Waals surface area contributed by atoms with E-state index in [0.29, 0.717) is 37.0 Å². The maximum Gasteiger partial charge on any atom is 0.305 e. The molecule has 1 saturated heterocycles. The Balaban J connectivity index is 1.27. The third kappa shape index (κ3) is 7.60. The summed E-state index contributed by atoms with van der Waals surface area (Å²) in [4.78, 5) is 46.1. The maximum atomic E-state index is 13.2. The maximum absolute atomic E-state index is 13.2. The number of ether oxygens (including phenoxy) is 1. The predicted molar refractivity (Wildman–Crippen MR) is 146 cm³/mol. The van der Waals surface area contributed by atoms with Crippen molar-refractivity contribution in [3.05, 3.63) is 64.8 Å². The first kappa shape index (κ1) is 27.2. The van der Waals surface area contributed by atoms with Crippen LogP contribution in [0.25, 0.3) is 0 Å². The standard InChI is InChI=1S/C28H36N6O4/c1-38-26(35)10-9-21(23-5-3-13-29-17-23)8-7-20-11-14-34(15-12-20)27(36)22-4-2-6-24(16-22)32-28-30-18-25(33-37)19-31-28/h2-6,13,16-17,20-21,25H,7-12,14-15,18-19H2,1H3,(H2,30,31,32). The zero-order valence-electron chi connectivity index (χ0n) is 21.8. The van der Waals surface area contributed by atoms with E-state index in [9.17, 15) is 14.5 Å². The zero-order chi connectivity index (χ0) is 26.7. The summed E-state index contributed by atoms with van der Waals surface area (Å²) >= 11 is 0. The Bertz CT molecular complexity index is 1120. The molecular weight excluding hydrogens is 484 g/mol. The molecule has 0 spiro atoms. The SMILES string of the molecule is COC(=O)CCC(CCC1CCN(C(=O)c2cccc(NC3=NCC(N=O)CN3)c2)CC1)c1cccnc1. The van der Waals surface area contributed by atoms with Gasteiger partial charge in [-0.2, -0.15) is 4.91 Å². The minimum absolute atomic E-state index is 0.0298. The lowest BCUT2D eigenvalue weighted by Gasteiger charge is -2.33. The smallest absolute Gasteiger partial charge is 0.305 e. The van der Waals surface area contributed by atoms with Crippen molar-refractivity contribution in [2.45, 2.75) is 50.5 Å². The lowest BCUT2D eigenvalue weighted by atomic mass is 9.84. The number of methoxy groups -OCH3 is 1. The van der Waals surface area contributed by atoms with Gasteiger partial charge in [0.2, 0.25) is 0 Å². The number of carbonyl (C=O) groups is 2. The molecule has 2 unspecified atom stereocenters. The van der Waals surface area contributed by atoms with Gasteiger partial charge in [-0.3, -0.25) is 19.6 Å². The van der Waals surface area contributed by atoms with E-state index >= 15 is 0 Å². The number of hydrogen-bond donors (Lipinski definition) is 2. The molecule has 1 aromatic carbocycles. The fraction of sp³-hybridized carbons (Fsp3) is 0.500. The van der Waals surface area contributed by atoms with Crippen LogP contribution in [0, 0.1) is 10.8 Å². The van der Waals surface area contributed by atoms with E-state index in [0.717, 1.165) is 56.4 Å². The van der Waals surface area contributed by atoms with Crippen molar-refractivity contribution in [1.82, 2.24) is 15.2 Å². The van der Waals surface area contributed by atoms with Crippen molar-refractivity contribution in [3.8, 4) is 0 Å². The molecule has 1 aromatic heterocycles. The molecule has 10 nitrogen and oxygen atoms in total. The van der Waals surface area contributed by atoms with Gasteiger partial charge in [0, 0.05) is 49.7 Å². The van der Waals surface area contributed by atoms with Crippen molar-refractivity contribution < 1.29 is 14.3 Å². The number of rotatable bonds is 10. The lowest BCUT2D eigenvalue weighted by Crippen LogP contribution is -2.41. The van der Waals surface area contributed by atoms with Crippen LogP contribution in [-0.2, 0) is 9.53 Å². The van der Waals surface area contributed by atoms with E-state index < -0.39 is 0 Å². The van der Waals surface area contributed by atoms with Gasteiger partial charge in [-0.05, 0) is 73.8 Å². The number of nitrogens with one attached hydrogen (secondary N) is 2. The van der Waals surface area contributed by atoms with Gasteiger partial charge < -0.3 is 20.3 Å². The molecule has 2 atom stereocenters. The molecule has 1 amide bonds. The fourth-order valence-corrected chi connectivity index (χ4v) is 5.09. The van der Waals surface area contributed by atoms with Crippen LogP contribution in [0.3, 0.4) is 0 Å². The topological polar surface area (TPSA) is 125 Å². The molecule has 2 aromatic rings. The highest BCUT2D eigenvalue weighted by Crippen LogP contribution is 2.31. The van der Waals surface area contributed by atoms with Crippen LogP contribution < -0.4 is 10.6 Å². The van der Waals surface area contributed by atoms with Gasteiger partial charge in [0.1, 0.15) is 6.04 Å². The van der Waals surface area contributed by atoms with Gasteiger partial charge in [0.25, 0.3) is 5.91 Å². The summed E-state index contributed by atoms with van der Waals surface area (Å²) in [6, 6.07) is 11.1. The number of guanidine groups is 1. The second kappa shape index (κ2) is 13.6. The van der Waals surface area contributed by atoms with Crippen LogP contribution in [0.1, 0.15) is 60.4 Å². The van der Waals surface area contributed by atoms with Crippen molar-refractivity contribution in [2.24, 2.45) is 16.1 Å². The van der Waals surface area contributed by atoms with Crippen molar-refractivity contribution in [1.29, 1.82) is 0 Å². The highest BCUT2D eigenvalue weighted by Gasteiger charge is 2.25. The minimum Gasteiger partial charge on any atom is -0.469 e. The molecule has 4 rings (SSSR count). The molecule has 2 aliphatic rings. The lowest BCUT2D eigenvalue weighted by molar-refractivity contribution is -0.140. The van der Waals surface area contributed by atoms with Gasteiger partial charge in [0.05, 0.1) is 13.7 Å². The Hall–Kier alpha value is -3.82. The average molecular weight is 521 g/mol. The number of nitrogens with zero attached hydrogens (tertiary/aromatic N) is 4. The van der Waals surface area contributed by atoms with Crippen LogP contribution in [0.4, 0.5) is 5.69 Å². The number of hydrogen-bond acceptors (Lipinski definition) is 9. The van der Waals surface area contributed by atoms with Gasteiger partial charge >= 0.3 is 5.97 Å². The summed E-state index contributed by atoms with van der Waals surface area (Å²) in [5, 5.41) is 9.26. The summed E-state index contributed by atoms with van der Waals surface area (Å²) in [5.41, 5.74) is 2.56. The quantitative estimate of drug-likeness (QED) is 0.359. The summed E-state index contributed by atoms with van der Waals surface area (Å²) in [5.74, 6) is 1.23. The van der Waals surface area contributed by atoms with E-state index in [1.54, 1.807) is 6.20 Å². The van der Waals surface area contributed by atoms with Crippen LogP contribution in [0.5, 0.6) is 0 Å². The first-order valence-electron chi connectivity index (χ1n) is 13.3. The number of benzene rings is 1. The molecule has 10 heteroatoms. The summed E-state index contributed by atoms with van der Waals surface area (Å²) in [6.07, 6.45) is 8.77. The van der Waals surface area contributed by atoms with Crippen molar-refractivity contribution >= 4 is 23.5 Å². The molecule has 3 heterocycles. The van der Waals surface area contributed by atoms with Gasteiger partial charge in [-0.15, -0.1) is 0 Å². The number of nitroso groups, excluding NO2 is 1. The molecule has 0 aliphatic carbocycles. The van der Waals surface area contributed by atoms with Crippen LogP contribution in [0.2, 0.25) is 0 Å². The average Bonchev–Trinajstić information content (AvgIpc) is 2.98. The van der Waals surface area contributed by atoms with Gasteiger partial charge in [0.15, 0.2) is 5.96 Å². The highest BCUT2D eigenvalue weighted by atomic mass is 16.5. The minimum atomic E-state index is -0.350. The molecule has 202 valence electrons. The second-order valence-electron chi connectivity index (χ2n) is 9.95. The van der Waals surface area contributed by atoms with Gasteiger partial charge in [-0.1, -0.05) is 17.3 Å². The van der Waals surface area contributed by atoms with E-state index in [2.05, 4.69) is 31.9 Å². The molecule has 38 heavy (non-hydrogen) atoms. The Morgan fingerprint density at radius 1 is 1.21 bits per heavy atom. The summed E-state index contributed by atoms with van der Waals surface area (Å²) in [6.45, 7) is 2.25. The number of carbonyl (C=O) groups excluding carboxylic acids is 2. The van der Waals surface area contributed by atoms with E-state index in [1.807, 2.05) is 41.4 Å². The number of likely N-dealkylation sites (tertiary alicyclic amines) is 1. The van der Waals surface area contributed by atoms with E-state index in [-0.39, 0.29) is 23.8 Å². The first-order valence-corrected chi connectivity index (χ1v) is 13.3. The van der Waals surface area contributed by atoms with E-state index in [4.69, 9.17) is 4.74 Å². The number of aromatic nitrogens is 1. The summed E-state index contributed by atoms with van der Waals surface area (Å²) in [7, 11) is 1.43. The number of amides is 1. The van der Waals surface area contributed by atoms with Crippen LogP contribution >= 0.6 is 0 Å². The van der Waals surface area contributed by atoms with Crippen LogP contribution in [-0.4, -0.2) is 67.1 Å². The number of anilines is 1. The van der Waals surface area contributed by atoms with Crippen molar-refractivity contribution in [3.63, 3.8) is 0 Å². The molecule has 0 bridgehead atoms. The molecule has 1 fully saturated rings. The monoisotopic (exact) mass is 520 g/mol. The van der Waals surface area contributed by atoms with Gasteiger partial charge in [-0.25, -0.2) is 0 Å². The highest BCUT2D eigenvalue weighted by molar-refractivity contribution is 5.98. The Morgan fingerprint density at radius 3 is 2.74 bits per heavy atom. The van der Waals surface area contributed by atoms with Crippen molar-refractivity contribution in [2.75, 3.05) is 38.6 Å². The zero-order valence-corrected chi connectivity index (χ0v) is 21.8. The molecule has 0 radical (unpaired) electrons. The second-order valence-corrected chi connectivity index (χ2v) is 9.95. The molecule has 2 N–H and O–H groups in total. The van der Waals surface area contributed by atoms with Crippen LogP contribution in [0.15, 0.2) is 59.0 Å². The fourth-order valence-electron chi connectivity index (χ4n) is 5.09. The normalized spacial score (nSPS) is 18.6. The first-order chi connectivity index (χ1) is 18.6. The van der Waals surface area contributed by atoms with E-state index in [1.165, 1.54) is 7.11 Å².